The second-order valence-electron chi connectivity index (χ2n) is 9.92. The summed E-state index contributed by atoms with van der Waals surface area (Å²) in [5.41, 5.74) is 2.34. The summed E-state index contributed by atoms with van der Waals surface area (Å²) < 4.78 is 34.4. The molecule has 0 unspecified atom stereocenters. The van der Waals surface area contributed by atoms with Crippen molar-refractivity contribution < 1.29 is 12.6 Å². The smallest absolute Gasteiger partial charge is 0.255 e. The zero-order chi connectivity index (χ0) is 25.6. The van der Waals surface area contributed by atoms with Crippen molar-refractivity contribution in [2.45, 2.75) is 128 Å². The first kappa shape index (κ1) is 29.6. The van der Waals surface area contributed by atoms with Crippen LogP contribution in [0.2, 0.25) is 0 Å². The molecule has 2 aromatic rings. The number of rotatable bonds is 18. The van der Waals surface area contributed by atoms with E-state index in [-0.39, 0.29) is 0 Å². The van der Waals surface area contributed by atoms with Gasteiger partial charge in [-0.25, -0.2) is 0 Å². The SMILES string of the molecule is CCCCCCc1ccccc1S(=O)(=O)OC(CCCC)(CCCC)c1ccccc1CCCC. The molecule has 0 amide bonds. The Bertz CT molecular complexity index is 957. The van der Waals surface area contributed by atoms with Gasteiger partial charge in [-0.15, -0.1) is 0 Å². The Morgan fingerprint density at radius 3 is 1.80 bits per heavy atom. The summed E-state index contributed by atoms with van der Waals surface area (Å²) in [4.78, 5) is 0.347. The summed E-state index contributed by atoms with van der Waals surface area (Å²) in [6.45, 7) is 8.71. The van der Waals surface area contributed by atoms with Crippen molar-refractivity contribution in [2.75, 3.05) is 0 Å². The molecular weight excluding hydrogens is 452 g/mol. The Morgan fingerprint density at radius 1 is 0.629 bits per heavy atom. The Morgan fingerprint density at radius 2 is 1.17 bits per heavy atom. The molecule has 2 rings (SSSR count). The second-order valence-corrected chi connectivity index (χ2v) is 11.4. The first-order valence-corrected chi connectivity index (χ1v) is 15.5. The van der Waals surface area contributed by atoms with Crippen molar-refractivity contribution in [1.29, 1.82) is 0 Å². The minimum atomic E-state index is -3.94. The normalized spacial score (nSPS) is 12.2. The highest BCUT2D eigenvalue weighted by Crippen LogP contribution is 2.42. The standard InChI is InChI=1S/C31H48O3S/c1-5-9-13-14-21-28-22-16-18-24-30(28)35(32,33)34-31(25-11-7-3,26-12-8-4)29-23-17-15-20-27(29)19-10-6-2/h15-18,20,22-24H,5-14,19,21,25-26H2,1-4H3. The number of hydrogen-bond donors (Lipinski definition) is 0. The summed E-state index contributed by atoms with van der Waals surface area (Å²) in [7, 11) is -3.94. The zero-order valence-electron chi connectivity index (χ0n) is 22.7. The molecule has 0 N–H and O–H groups in total. The van der Waals surface area contributed by atoms with Gasteiger partial charge >= 0.3 is 0 Å². The minimum absolute atomic E-state index is 0.347. The Kier molecular flexibility index (Phi) is 13.1. The van der Waals surface area contributed by atoms with E-state index in [9.17, 15) is 8.42 Å². The average molecular weight is 501 g/mol. The molecule has 0 radical (unpaired) electrons. The average Bonchev–Trinajstić information content (AvgIpc) is 2.87. The molecule has 4 heteroatoms. The molecule has 0 spiro atoms. The van der Waals surface area contributed by atoms with Crippen molar-refractivity contribution in [3.8, 4) is 0 Å². The molecule has 0 aliphatic heterocycles. The van der Waals surface area contributed by atoms with Gasteiger partial charge in [-0.3, -0.25) is 4.18 Å². The third kappa shape index (κ3) is 8.75. The molecule has 0 saturated heterocycles. The van der Waals surface area contributed by atoms with Gasteiger partial charge in [-0.05, 0) is 61.3 Å². The number of benzene rings is 2. The Balaban J connectivity index is 2.52. The molecule has 0 saturated carbocycles. The fourth-order valence-electron chi connectivity index (χ4n) is 4.95. The number of unbranched alkanes of at least 4 members (excludes halogenated alkanes) is 6. The minimum Gasteiger partial charge on any atom is -0.255 e. The Labute approximate surface area is 215 Å². The van der Waals surface area contributed by atoms with Crippen molar-refractivity contribution >= 4 is 10.1 Å². The van der Waals surface area contributed by atoms with Crippen LogP contribution >= 0.6 is 0 Å². The van der Waals surface area contributed by atoms with E-state index in [0.29, 0.717) is 17.7 Å². The fourth-order valence-corrected chi connectivity index (χ4v) is 6.45. The predicted octanol–water partition coefficient (Wildman–Crippen LogP) is 9.13. The van der Waals surface area contributed by atoms with Crippen molar-refractivity contribution in [1.82, 2.24) is 0 Å². The zero-order valence-corrected chi connectivity index (χ0v) is 23.5. The maximum atomic E-state index is 14.0. The van der Waals surface area contributed by atoms with Crippen LogP contribution in [0.3, 0.4) is 0 Å². The molecule has 196 valence electrons. The van der Waals surface area contributed by atoms with Gasteiger partial charge < -0.3 is 0 Å². The van der Waals surface area contributed by atoms with Gasteiger partial charge in [0.05, 0.1) is 4.90 Å². The molecule has 3 nitrogen and oxygen atoms in total. The topological polar surface area (TPSA) is 43.4 Å². The molecule has 0 bridgehead atoms. The van der Waals surface area contributed by atoms with Crippen LogP contribution in [0.1, 0.15) is 121 Å². The quantitative estimate of drug-likeness (QED) is 0.151. The van der Waals surface area contributed by atoms with Gasteiger partial charge in [-0.2, -0.15) is 8.42 Å². The van der Waals surface area contributed by atoms with Gasteiger partial charge in [0.2, 0.25) is 0 Å². The van der Waals surface area contributed by atoms with Crippen molar-refractivity contribution in [3.05, 3.63) is 65.2 Å². The third-order valence-electron chi connectivity index (χ3n) is 6.99. The summed E-state index contributed by atoms with van der Waals surface area (Å²) >= 11 is 0. The molecule has 2 aromatic carbocycles. The van der Waals surface area contributed by atoms with E-state index < -0.39 is 15.7 Å². The molecule has 35 heavy (non-hydrogen) atoms. The van der Waals surface area contributed by atoms with Crippen LogP contribution in [0.15, 0.2) is 53.4 Å². The Hall–Kier alpha value is -1.65. The summed E-state index contributed by atoms with van der Waals surface area (Å²) in [5.74, 6) is 0. The van der Waals surface area contributed by atoms with Crippen LogP contribution in [0.25, 0.3) is 0 Å². The molecule has 0 aromatic heterocycles. The molecule has 0 aliphatic rings. The van der Waals surface area contributed by atoms with Gasteiger partial charge in [0.15, 0.2) is 0 Å². The van der Waals surface area contributed by atoms with Gasteiger partial charge in [0.1, 0.15) is 5.60 Å². The third-order valence-corrected chi connectivity index (χ3v) is 8.46. The van der Waals surface area contributed by atoms with Crippen LogP contribution in [-0.2, 0) is 32.7 Å². The summed E-state index contributed by atoms with van der Waals surface area (Å²) in [6, 6.07) is 15.8. The van der Waals surface area contributed by atoms with E-state index in [4.69, 9.17) is 4.18 Å². The lowest BCUT2D eigenvalue weighted by Crippen LogP contribution is -2.34. The fraction of sp³-hybridized carbons (Fsp3) is 0.613. The molecular formula is C31H48O3S. The van der Waals surface area contributed by atoms with E-state index in [1.54, 1.807) is 6.07 Å². The number of aryl methyl sites for hydroxylation is 2. The lowest BCUT2D eigenvalue weighted by molar-refractivity contribution is 0.0486. The largest absolute Gasteiger partial charge is 0.298 e. The van der Waals surface area contributed by atoms with E-state index in [1.807, 2.05) is 24.3 Å². The first-order chi connectivity index (χ1) is 16.9. The summed E-state index contributed by atoms with van der Waals surface area (Å²) in [6.07, 6.45) is 13.7. The highest BCUT2D eigenvalue weighted by molar-refractivity contribution is 7.86. The van der Waals surface area contributed by atoms with Crippen molar-refractivity contribution in [3.63, 3.8) is 0 Å². The second kappa shape index (κ2) is 15.5. The molecule has 0 heterocycles. The first-order valence-electron chi connectivity index (χ1n) is 14.1. The van der Waals surface area contributed by atoms with E-state index in [1.165, 1.54) is 12.0 Å². The van der Waals surface area contributed by atoms with Gasteiger partial charge in [-0.1, -0.05) is 122 Å². The van der Waals surface area contributed by atoms with Crippen LogP contribution < -0.4 is 0 Å². The van der Waals surface area contributed by atoms with Crippen LogP contribution in [0, 0.1) is 0 Å². The molecule has 0 aliphatic carbocycles. The van der Waals surface area contributed by atoms with Crippen molar-refractivity contribution in [2.24, 2.45) is 0 Å². The monoisotopic (exact) mass is 500 g/mol. The van der Waals surface area contributed by atoms with Crippen LogP contribution in [0.5, 0.6) is 0 Å². The molecule has 0 fully saturated rings. The van der Waals surface area contributed by atoms with Crippen LogP contribution in [0.4, 0.5) is 0 Å². The highest BCUT2D eigenvalue weighted by atomic mass is 32.2. The molecule has 0 atom stereocenters. The lowest BCUT2D eigenvalue weighted by Gasteiger charge is -2.36. The van der Waals surface area contributed by atoms with Crippen LogP contribution in [-0.4, -0.2) is 8.42 Å². The van der Waals surface area contributed by atoms with E-state index in [2.05, 4.69) is 45.9 Å². The van der Waals surface area contributed by atoms with E-state index in [0.717, 1.165) is 81.8 Å². The van der Waals surface area contributed by atoms with Gasteiger partial charge in [0.25, 0.3) is 10.1 Å². The maximum absolute atomic E-state index is 14.0. The number of hydrogen-bond acceptors (Lipinski definition) is 3. The summed E-state index contributed by atoms with van der Waals surface area (Å²) in [5, 5.41) is 0. The maximum Gasteiger partial charge on any atom is 0.298 e. The van der Waals surface area contributed by atoms with E-state index >= 15 is 0 Å². The highest BCUT2D eigenvalue weighted by Gasteiger charge is 2.39. The van der Waals surface area contributed by atoms with Gasteiger partial charge in [0, 0.05) is 0 Å². The predicted molar refractivity (Wildman–Crippen MR) is 148 cm³/mol. The lowest BCUT2D eigenvalue weighted by atomic mass is 9.81.